The fraction of sp³-hybridized carbons (Fsp3) is 0.278. The van der Waals surface area contributed by atoms with Gasteiger partial charge in [0.2, 0.25) is 0 Å². The van der Waals surface area contributed by atoms with Crippen LogP contribution in [-0.2, 0) is 6.18 Å². The summed E-state index contributed by atoms with van der Waals surface area (Å²) in [6, 6.07) is 6.41. The molecule has 0 saturated heterocycles. The van der Waals surface area contributed by atoms with Crippen LogP contribution < -0.4 is 5.56 Å². The molecule has 3 aromatic rings. The van der Waals surface area contributed by atoms with Crippen molar-refractivity contribution in [1.29, 1.82) is 0 Å². The van der Waals surface area contributed by atoms with Crippen LogP contribution in [0.1, 0.15) is 30.0 Å². The van der Waals surface area contributed by atoms with Crippen LogP contribution in [0.25, 0.3) is 22.4 Å². The first-order valence-electron chi connectivity index (χ1n) is 7.92. The Morgan fingerprint density at radius 1 is 1.12 bits per heavy atom. The van der Waals surface area contributed by atoms with E-state index in [1.165, 1.54) is 12.1 Å². The number of nitrogens with zero attached hydrogens (tertiary/aromatic N) is 3. The van der Waals surface area contributed by atoms with Gasteiger partial charge in [0.25, 0.3) is 5.56 Å². The van der Waals surface area contributed by atoms with Crippen LogP contribution in [0.4, 0.5) is 13.2 Å². The Labute approximate surface area is 141 Å². The molecule has 4 rings (SSSR count). The number of fused-ring (bicyclic) bond motifs is 1. The molecule has 0 amide bonds. The second-order valence-corrected chi connectivity index (χ2v) is 6.24. The molecule has 0 spiro atoms. The molecule has 0 bridgehead atoms. The predicted molar refractivity (Wildman–Crippen MR) is 87.2 cm³/mol. The van der Waals surface area contributed by atoms with Gasteiger partial charge in [0.05, 0.1) is 5.56 Å². The number of rotatable bonds is 2. The third-order valence-electron chi connectivity index (χ3n) is 4.38. The lowest BCUT2D eigenvalue weighted by Gasteiger charge is -2.12. The molecule has 1 aliphatic carbocycles. The Kier molecular flexibility index (Phi) is 3.42. The standard InChI is InChI=1S/C18H14F3N3O/c1-10-8-9-22-16-14(10)23-15(17(25)24(16)13-6-7-13)11-2-4-12(5-3-11)18(19,20)21/h2-5,8-9,13H,6-7H2,1H3. The molecule has 2 heterocycles. The second-order valence-electron chi connectivity index (χ2n) is 6.24. The zero-order chi connectivity index (χ0) is 17.8. The highest BCUT2D eigenvalue weighted by Crippen LogP contribution is 2.36. The van der Waals surface area contributed by atoms with Crippen molar-refractivity contribution in [2.75, 3.05) is 0 Å². The zero-order valence-corrected chi connectivity index (χ0v) is 13.3. The van der Waals surface area contributed by atoms with E-state index < -0.39 is 11.7 Å². The van der Waals surface area contributed by atoms with Gasteiger partial charge in [-0.1, -0.05) is 12.1 Å². The Balaban J connectivity index is 1.95. The molecular weight excluding hydrogens is 331 g/mol. The Bertz CT molecular complexity index is 1020. The van der Waals surface area contributed by atoms with Crippen molar-refractivity contribution in [2.24, 2.45) is 0 Å². The van der Waals surface area contributed by atoms with Crippen molar-refractivity contribution in [3.05, 3.63) is 58.0 Å². The first kappa shape index (κ1) is 15.8. The van der Waals surface area contributed by atoms with Crippen molar-refractivity contribution in [3.8, 4) is 11.3 Å². The van der Waals surface area contributed by atoms with Crippen molar-refractivity contribution in [3.63, 3.8) is 0 Å². The van der Waals surface area contributed by atoms with E-state index in [0.29, 0.717) is 16.7 Å². The summed E-state index contributed by atoms with van der Waals surface area (Å²) in [4.78, 5) is 21.6. The van der Waals surface area contributed by atoms with Crippen LogP contribution in [0.3, 0.4) is 0 Å². The molecular formula is C18H14F3N3O. The molecule has 2 aromatic heterocycles. The van der Waals surface area contributed by atoms with Crippen LogP contribution >= 0.6 is 0 Å². The SMILES string of the molecule is Cc1ccnc2c1nc(-c1ccc(C(F)(F)F)cc1)c(=O)n2C1CC1. The Morgan fingerprint density at radius 2 is 1.80 bits per heavy atom. The molecule has 0 unspecified atom stereocenters. The van der Waals surface area contributed by atoms with Gasteiger partial charge in [0.15, 0.2) is 5.65 Å². The van der Waals surface area contributed by atoms with E-state index in [0.717, 1.165) is 30.5 Å². The smallest absolute Gasteiger partial charge is 0.286 e. The predicted octanol–water partition coefficient (Wildman–Crippen LogP) is 4.12. The lowest BCUT2D eigenvalue weighted by atomic mass is 10.1. The van der Waals surface area contributed by atoms with Crippen LogP contribution in [0.15, 0.2) is 41.3 Å². The molecule has 25 heavy (non-hydrogen) atoms. The van der Waals surface area contributed by atoms with Gasteiger partial charge in [-0.2, -0.15) is 13.2 Å². The summed E-state index contributed by atoms with van der Waals surface area (Å²) < 4.78 is 39.9. The largest absolute Gasteiger partial charge is 0.416 e. The van der Waals surface area contributed by atoms with Crippen LogP contribution in [0.5, 0.6) is 0 Å². The third kappa shape index (κ3) is 2.69. The number of hydrogen-bond donors (Lipinski definition) is 0. The number of halogens is 3. The van der Waals surface area contributed by atoms with E-state index in [1.54, 1.807) is 16.8 Å². The first-order valence-corrected chi connectivity index (χ1v) is 7.92. The second kappa shape index (κ2) is 5.40. The maximum atomic E-state index is 12.9. The van der Waals surface area contributed by atoms with Gasteiger partial charge in [0, 0.05) is 17.8 Å². The molecule has 4 nitrogen and oxygen atoms in total. The Hall–Kier alpha value is -2.70. The van der Waals surface area contributed by atoms with Crippen LogP contribution in [0.2, 0.25) is 0 Å². The quantitative estimate of drug-likeness (QED) is 0.702. The summed E-state index contributed by atoms with van der Waals surface area (Å²) in [5, 5.41) is 0. The highest BCUT2D eigenvalue weighted by Gasteiger charge is 2.31. The number of pyridine rings is 1. The lowest BCUT2D eigenvalue weighted by Crippen LogP contribution is -2.24. The number of alkyl halides is 3. The van der Waals surface area contributed by atoms with Crippen LogP contribution in [0, 0.1) is 6.92 Å². The van der Waals surface area contributed by atoms with E-state index in [2.05, 4.69) is 9.97 Å². The zero-order valence-electron chi connectivity index (χ0n) is 13.3. The minimum absolute atomic E-state index is 0.0838. The van der Waals surface area contributed by atoms with Crippen molar-refractivity contribution >= 4 is 11.2 Å². The molecule has 0 radical (unpaired) electrons. The van der Waals surface area contributed by atoms with Crippen molar-refractivity contribution in [2.45, 2.75) is 32.0 Å². The summed E-state index contributed by atoms with van der Waals surface area (Å²) in [6.45, 7) is 1.87. The molecule has 0 aliphatic heterocycles. The number of aryl methyl sites for hydroxylation is 1. The molecule has 128 valence electrons. The van der Waals surface area contributed by atoms with Gasteiger partial charge < -0.3 is 0 Å². The normalized spacial score (nSPS) is 14.9. The van der Waals surface area contributed by atoms with Gasteiger partial charge in [-0.05, 0) is 43.5 Å². The van der Waals surface area contributed by atoms with Gasteiger partial charge in [0.1, 0.15) is 11.2 Å². The van der Waals surface area contributed by atoms with Crippen molar-refractivity contribution in [1.82, 2.24) is 14.5 Å². The van der Waals surface area contributed by atoms with E-state index in [9.17, 15) is 18.0 Å². The summed E-state index contributed by atoms with van der Waals surface area (Å²) in [5.41, 5.74) is 1.46. The highest BCUT2D eigenvalue weighted by atomic mass is 19.4. The summed E-state index contributed by atoms with van der Waals surface area (Å²) in [6.07, 6.45) is -0.998. The van der Waals surface area contributed by atoms with E-state index in [-0.39, 0.29) is 17.3 Å². The average Bonchev–Trinajstić information content (AvgIpc) is 3.39. The van der Waals surface area contributed by atoms with Gasteiger partial charge in [-0.15, -0.1) is 0 Å². The molecule has 1 saturated carbocycles. The fourth-order valence-electron chi connectivity index (χ4n) is 2.90. The topological polar surface area (TPSA) is 47.8 Å². The van der Waals surface area contributed by atoms with Crippen molar-refractivity contribution < 1.29 is 13.2 Å². The molecule has 0 atom stereocenters. The molecule has 0 N–H and O–H groups in total. The monoisotopic (exact) mass is 345 g/mol. The lowest BCUT2D eigenvalue weighted by molar-refractivity contribution is -0.137. The molecule has 1 fully saturated rings. The summed E-state index contributed by atoms with van der Waals surface area (Å²) >= 11 is 0. The average molecular weight is 345 g/mol. The van der Waals surface area contributed by atoms with E-state index in [1.807, 2.05) is 6.92 Å². The maximum Gasteiger partial charge on any atom is 0.416 e. The van der Waals surface area contributed by atoms with Gasteiger partial charge >= 0.3 is 6.18 Å². The van der Waals surface area contributed by atoms with Crippen LogP contribution in [-0.4, -0.2) is 14.5 Å². The molecule has 1 aromatic carbocycles. The minimum atomic E-state index is -4.41. The molecule has 1 aliphatic rings. The van der Waals surface area contributed by atoms with E-state index in [4.69, 9.17) is 0 Å². The van der Waals surface area contributed by atoms with Gasteiger partial charge in [-0.25, -0.2) is 9.97 Å². The number of hydrogen-bond acceptors (Lipinski definition) is 3. The first-order chi connectivity index (χ1) is 11.9. The summed E-state index contributed by atoms with van der Waals surface area (Å²) in [5.74, 6) is 0. The number of aromatic nitrogens is 3. The third-order valence-corrected chi connectivity index (χ3v) is 4.38. The highest BCUT2D eigenvalue weighted by molar-refractivity contribution is 5.77. The maximum absolute atomic E-state index is 12.9. The van der Waals surface area contributed by atoms with Gasteiger partial charge in [-0.3, -0.25) is 9.36 Å². The Morgan fingerprint density at radius 3 is 2.40 bits per heavy atom. The molecule has 7 heteroatoms. The summed E-state index contributed by atoms with van der Waals surface area (Å²) in [7, 11) is 0. The minimum Gasteiger partial charge on any atom is -0.286 e. The number of benzene rings is 1. The fourth-order valence-corrected chi connectivity index (χ4v) is 2.90. The van der Waals surface area contributed by atoms with E-state index >= 15 is 0 Å².